The number of hydrogen-bond acceptors (Lipinski definition) is 3. The first-order chi connectivity index (χ1) is 14.2. The summed E-state index contributed by atoms with van der Waals surface area (Å²) in [6, 6.07) is 1.74. The molecule has 0 aliphatic rings. The van der Waals surface area contributed by atoms with Gasteiger partial charge in [0, 0.05) is 6.42 Å². The van der Waals surface area contributed by atoms with E-state index in [2.05, 4.69) is 39.5 Å². The molecule has 0 radical (unpaired) electrons. The minimum atomic E-state index is -0.456. The number of benzene rings is 1. The molecule has 0 spiro atoms. The Morgan fingerprint density at radius 1 is 1.10 bits per heavy atom. The summed E-state index contributed by atoms with van der Waals surface area (Å²) >= 11 is 6.43. The molecule has 0 saturated carbocycles. The molecule has 0 aromatic heterocycles. The van der Waals surface area contributed by atoms with Gasteiger partial charge >= 0.3 is 5.97 Å². The number of aryl methyl sites for hydroxylation is 1. The van der Waals surface area contributed by atoms with Crippen molar-refractivity contribution in [2.45, 2.75) is 98.3 Å². The van der Waals surface area contributed by atoms with Crippen LogP contribution in [0.5, 0.6) is 0 Å². The van der Waals surface area contributed by atoms with Crippen LogP contribution in [0.3, 0.4) is 0 Å². The zero-order valence-electron chi connectivity index (χ0n) is 19.6. The number of hydrogen-bond donors (Lipinski definition) is 1. The van der Waals surface area contributed by atoms with Crippen molar-refractivity contribution in [3.8, 4) is 11.8 Å². The van der Waals surface area contributed by atoms with Crippen molar-refractivity contribution in [1.82, 2.24) is 0 Å². The van der Waals surface area contributed by atoms with E-state index < -0.39 is 5.97 Å². The number of nitrogen functional groups attached to an aromatic ring is 1. The lowest BCUT2D eigenvalue weighted by Crippen LogP contribution is -2.08. The molecule has 0 saturated heterocycles. The van der Waals surface area contributed by atoms with E-state index in [0.29, 0.717) is 27.3 Å². The van der Waals surface area contributed by atoms with Crippen LogP contribution < -0.4 is 5.73 Å². The number of esters is 1. The fourth-order valence-electron chi connectivity index (χ4n) is 3.49. The number of anilines is 1. The first-order valence-corrected chi connectivity index (χ1v) is 11.8. The van der Waals surface area contributed by atoms with Gasteiger partial charge in [-0.2, -0.15) is 0 Å². The average molecular weight is 434 g/mol. The van der Waals surface area contributed by atoms with E-state index in [1.54, 1.807) is 6.07 Å². The third kappa shape index (κ3) is 9.43. The molecule has 0 aliphatic heterocycles. The molecule has 4 heteroatoms. The first-order valence-electron chi connectivity index (χ1n) is 11.4. The van der Waals surface area contributed by atoms with Crippen LogP contribution in [-0.4, -0.2) is 13.1 Å². The van der Waals surface area contributed by atoms with Gasteiger partial charge < -0.3 is 10.5 Å². The lowest BCUT2D eigenvalue weighted by Gasteiger charge is -2.17. The van der Waals surface area contributed by atoms with Crippen LogP contribution in [0.15, 0.2) is 6.07 Å². The van der Waals surface area contributed by atoms with Crippen LogP contribution in [0.4, 0.5) is 5.69 Å². The second-order valence-electron chi connectivity index (χ2n) is 9.26. The smallest absolute Gasteiger partial charge is 0.339 e. The number of halogens is 1. The van der Waals surface area contributed by atoms with E-state index in [1.807, 2.05) is 0 Å². The maximum atomic E-state index is 12.0. The molecular weight excluding hydrogens is 394 g/mol. The molecule has 0 aliphatic carbocycles. The third-order valence-electron chi connectivity index (χ3n) is 5.26. The summed E-state index contributed by atoms with van der Waals surface area (Å²) < 4.78 is 4.85. The minimum Gasteiger partial charge on any atom is -0.465 e. The predicted molar refractivity (Wildman–Crippen MR) is 129 cm³/mol. The van der Waals surface area contributed by atoms with Gasteiger partial charge in [0.1, 0.15) is 0 Å². The van der Waals surface area contributed by atoms with Gasteiger partial charge in [0.2, 0.25) is 0 Å². The monoisotopic (exact) mass is 433 g/mol. The van der Waals surface area contributed by atoms with Gasteiger partial charge in [-0.1, -0.05) is 96.1 Å². The highest BCUT2D eigenvalue weighted by Crippen LogP contribution is 2.31. The molecule has 0 heterocycles. The average Bonchev–Trinajstić information content (AvgIpc) is 2.69. The molecule has 2 N–H and O–H groups in total. The normalized spacial score (nSPS) is 11.1. The van der Waals surface area contributed by atoms with Gasteiger partial charge in [-0.15, -0.1) is 0 Å². The van der Waals surface area contributed by atoms with Gasteiger partial charge in [-0.3, -0.25) is 0 Å². The highest BCUT2D eigenvalue weighted by atomic mass is 35.5. The lowest BCUT2D eigenvalue weighted by molar-refractivity contribution is 0.0601. The summed E-state index contributed by atoms with van der Waals surface area (Å²) in [7, 11) is 1.35. The summed E-state index contributed by atoms with van der Waals surface area (Å²) in [4.78, 5) is 12.0. The van der Waals surface area contributed by atoms with E-state index in [4.69, 9.17) is 22.1 Å². The van der Waals surface area contributed by atoms with Crippen molar-refractivity contribution in [1.29, 1.82) is 0 Å². The van der Waals surface area contributed by atoms with E-state index >= 15 is 0 Å². The quantitative estimate of drug-likeness (QED) is 0.169. The summed E-state index contributed by atoms with van der Waals surface area (Å²) in [6.45, 7) is 9.00. The van der Waals surface area contributed by atoms with E-state index in [0.717, 1.165) is 31.2 Å². The van der Waals surface area contributed by atoms with Crippen molar-refractivity contribution >= 4 is 23.3 Å². The zero-order valence-corrected chi connectivity index (χ0v) is 20.4. The van der Waals surface area contributed by atoms with Crippen LogP contribution in [0, 0.1) is 17.3 Å². The molecule has 0 amide bonds. The Balaban J connectivity index is 2.52. The van der Waals surface area contributed by atoms with Crippen molar-refractivity contribution < 1.29 is 9.53 Å². The van der Waals surface area contributed by atoms with Crippen molar-refractivity contribution in [2.75, 3.05) is 12.8 Å². The molecular formula is C26H40ClNO2. The molecule has 168 valence electrons. The number of rotatable bonds is 11. The summed E-state index contributed by atoms with van der Waals surface area (Å²) in [5, 5.41) is 0.293. The fraction of sp³-hybridized carbons (Fsp3) is 0.654. The Morgan fingerprint density at radius 3 is 2.27 bits per heavy atom. The Kier molecular flexibility index (Phi) is 12.0. The molecule has 30 heavy (non-hydrogen) atoms. The maximum Gasteiger partial charge on any atom is 0.339 e. The minimum absolute atomic E-state index is 0.293. The highest BCUT2D eigenvalue weighted by Gasteiger charge is 2.18. The lowest BCUT2D eigenvalue weighted by atomic mass is 9.89. The second kappa shape index (κ2) is 13.6. The maximum absolute atomic E-state index is 12.0. The first kappa shape index (κ1) is 26.4. The molecule has 0 atom stereocenters. The Bertz CT molecular complexity index is 738. The van der Waals surface area contributed by atoms with Crippen LogP contribution in [0.25, 0.3) is 0 Å². The largest absolute Gasteiger partial charge is 0.465 e. The van der Waals surface area contributed by atoms with E-state index in [-0.39, 0.29) is 0 Å². The Morgan fingerprint density at radius 2 is 1.70 bits per heavy atom. The summed E-state index contributed by atoms with van der Waals surface area (Å²) in [5.74, 6) is 5.86. The van der Waals surface area contributed by atoms with Crippen molar-refractivity contribution in [3.63, 3.8) is 0 Å². The van der Waals surface area contributed by atoms with Crippen LogP contribution in [0.2, 0.25) is 5.02 Å². The van der Waals surface area contributed by atoms with Crippen LogP contribution >= 0.6 is 11.6 Å². The fourth-order valence-corrected chi connectivity index (χ4v) is 3.77. The molecule has 1 aromatic rings. The van der Waals surface area contributed by atoms with Crippen molar-refractivity contribution in [3.05, 3.63) is 27.8 Å². The molecule has 0 bridgehead atoms. The number of carbonyl (C=O) groups excluding carboxylic acids is 1. The molecule has 1 aromatic carbocycles. The van der Waals surface area contributed by atoms with Crippen LogP contribution in [-0.2, 0) is 11.2 Å². The number of nitrogens with two attached hydrogens (primary N) is 1. The van der Waals surface area contributed by atoms with Gasteiger partial charge in [0.05, 0.1) is 28.9 Å². The van der Waals surface area contributed by atoms with E-state index in [9.17, 15) is 4.79 Å². The number of unbranched alkanes of at least 4 members (excludes halogenated alkanes) is 7. The summed E-state index contributed by atoms with van der Waals surface area (Å²) in [5.41, 5.74) is 9.13. The molecule has 0 unspecified atom stereocenters. The number of carbonyl (C=O) groups is 1. The number of methoxy groups -OCH3 is 1. The van der Waals surface area contributed by atoms with Crippen molar-refractivity contribution in [2.24, 2.45) is 5.41 Å². The highest BCUT2D eigenvalue weighted by molar-refractivity contribution is 6.35. The Hall–Kier alpha value is -1.66. The standard InChI is InChI=1S/C26H40ClNO2/c1-6-16-20-19-22(25(29)30-5)23(27)21(24(20)28)17-14-12-10-8-7-9-11-13-15-18-26(2,3)4/h19H,6-13,15-16,18,28H2,1-5H3. The molecule has 0 fully saturated rings. The van der Waals surface area contributed by atoms with Gasteiger partial charge in [0.15, 0.2) is 0 Å². The zero-order chi connectivity index (χ0) is 22.6. The number of ether oxygens (including phenoxy) is 1. The predicted octanol–water partition coefficient (Wildman–Crippen LogP) is 7.57. The van der Waals surface area contributed by atoms with Crippen LogP contribution in [0.1, 0.15) is 113 Å². The van der Waals surface area contributed by atoms with Gasteiger partial charge in [-0.25, -0.2) is 4.79 Å². The second-order valence-corrected chi connectivity index (χ2v) is 9.64. The summed E-state index contributed by atoms with van der Waals surface area (Å²) in [6.07, 6.45) is 12.7. The van der Waals surface area contributed by atoms with Gasteiger partial charge in [-0.05, 0) is 36.3 Å². The SMILES string of the molecule is CCCc1cc(C(=O)OC)c(Cl)c(C#CCCCCCCCCCC(C)(C)C)c1N. The molecule has 3 nitrogen and oxygen atoms in total. The van der Waals surface area contributed by atoms with Gasteiger partial charge in [0.25, 0.3) is 0 Å². The van der Waals surface area contributed by atoms with E-state index in [1.165, 1.54) is 52.1 Å². The molecule has 1 rings (SSSR count). The Labute approximate surface area is 189 Å². The third-order valence-corrected chi connectivity index (χ3v) is 5.65. The topological polar surface area (TPSA) is 52.3 Å².